The third kappa shape index (κ3) is 10.7. The van der Waals surface area contributed by atoms with Gasteiger partial charge in [0.05, 0.1) is 12.6 Å². The van der Waals surface area contributed by atoms with E-state index in [1.54, 1.807) is 30.0 Å². The van der Waals surface area contributed by atoms with Crippen molar-refractivity contribution in [1.29, 1.82) is 0 Å². The molecule has 9 nitrogen and oxygen atoms in total. The number of fused-ring (bicyclic) bond motifs is 1. The molecule has 0 saturated carbocycles. The summed E-state index contributed by atoms with van der Waals surface area (Å²) >= 11 is 1.67. The van der Waals surface area contributed by atoms with E-state index in [-0.39, 0.29) is 41.6 Å². The van der Waals surface area contributed by atoms with Crippen LogP contribution in [-0.2, 0) is 22.6 Å². The van der Waals surface area contributed by atoms with Gasteiger partial charge in [-0.2, -0.15) is 0 Å². The number of nitrogens with two attached hydrogens (primary N) is 1. The minimum atomic E-state index is -0.568. The second-order valence-corrected chi connectivity index (χ2v) is 15.5. The predicted molar refractivity (Wildman–Crippen MR) is 198 cm³/mol. The number of nitrogens with zero attached hydrogens (tertiary/aromatic N) is 3. The van der Waals surface area contributed by atoms with E-state index in [1.165, 1.54) is 4.90 Å². The number of primary amides is 1. The van der Waals surface area contributed by atoms with Gasteiger partial charge in [-0.3, -0.25) is 19.2 Å². The topological polar surface area (TPSA) is 116 Å². The molecule has 0 aromatic heterocycles. The Morgan fingerprint density at radius 2 is 1.67 bits per heavy atom. The van der Waals surface area contributed by atoms with Crippen molar-refractivity contribution in [3.63, 3.8) is 0 Å². The van der Waals surface area contributed by atoms with Crippen LogP contribution in [0.4, 0.5) is 5.69 Å². The lowest BCUT2D eigenvalue weighted by molar-refractivity contribution is -0.119. The van der Waals surface area contributed by atoms with E-state index in [9.17, 15) is 19.2 Å². The largest absolute Gasteiger partial charge is 0.368 e. The molecule has 0 fully saturated rings. The minimum absolute atomic E-state index is 0.0608. The number of carbonyl (C=O) groups is 4. The van der Waals surface area contributed by atoms with Crippen LogP contribution in [0.3, 0.4) is 0 Å². The molecule has 1 aliphatic heterocycles. The lowest BCUT2D eigenvalue weighted by Gasteiger charge is -2.37. The summed E-state index contributed by atoms with van der Waals surface area (Å²) in [5.74, 6) is -0.784. The van der Waals surface area contributed by atoms with Gasteiger partial charge < -0.3 is 25.8 Å². The molecule has 2 unspecified atom stereocenters. The lowest BCUT2D eigenvalue weighted by Crippen LogP contribution is -2.42. The lowest BCUT2D eigenvalue weighted by atomic mass is 9.84. The zero-order chi connectivity index (χ0) is 35.9. The maximum atomic E-state index is 14.3. The Labute approximate surface area is 295 Å². The van der Waals surface area contributed by atoms with Gasteiger partial charge >= 0.3 is 0 Å². The number of benzene rings is 3. The number of likely N-dealkylation sites (N-methyl/N-ethyl adjacent to an activating group) is 1. The fraction of sp³-hybridized carbons (Fsp3) is 0.436. The molecule has 0 spiro atoms. The molecule has 3 N–H and O–H groups in total. The van der Waals surface area contributed by atoms with Gasteiger partial charge in [0.2, 0.25) is 11.8 Å². The molecule has 4 amide bonds. The number of anilines is 1. The van der Waals surface area contributed by atoms with Crippen molar-refractivity contribution in [3.05, 3.63) is 94.5 Å². The molecule has 4 rings (SSSR count). The Bertz CT molecular complexity index is 1630. The number of amides is 4. The van der Waals surface area contributed by atoms with Crippen LogP contribution in [-0.4, -0.2) is 78.3 Å². The Morgan fingerprint density at radius 3 is 2.27 bits per heavy atom. The molecule has 2 atom stereocenters. The Morgan fingerprint density at radius 1 is 1.00 bits per heavy atom. The van der Waals surface area contributed by atoms with Crippen LogP contribution in [0.25, 0.3) is 0 Å². The van der Waals surface area contributed by atoms with E-state index in [1.807, 2.05) is 54.4 Å². The second-order valence-electron chi connectivity index (χ2n) is 14.6. The first-order valence-electron chi connectivity index (χ1n) is 16.8. The van der Waals surface area contributed by atoms with Gasteiger partial charge in [0, 0.05) is 47.8 Å². The molecule has 0 aliphatic carbocycles. The average Bonchev–Trinajstić information content (AvgIpc) is 3.03. The summed E-state index contributed by atoms with van der Waals surface area (Å²) in [6.45, 7) is 9.75. The molecule has 262 valence electrons. The first kappa shape index (κ1) is 37.7. The predicted octanol–water partition coefficient (Wildman–Crippen LogP) is 6.24. The van der Waals surface area contributed by atoms with Gasteiger partial charge in [-0.1, -0.05) is 58.0 Å². The van der Waals surface area contributed by atoms with E-state index in [4.69, 9.17) is 5.73 Å². The van der Waals surface area contributed by atoms with Crippen LogP contribution in [0.1, 0.15) is 84.0 Å². The minimum Gasteiger partial charge on any atom is -0.368 e. The summed E-state index contributed by atoms with van der Waals surface area (Å²) < 4.78 is 0. The van der Waals surface area contributed by atoms with Gasteiger partial charge in [-0.05, 0) is 97.6 Å². The zero-order valence-electron chi connectivity index (χ0n) is 29.9. The van der Waals surface area contributed by atoms with Crippen LogP contribution in [0, 0.1) is 11.3 Å². The maximum Gasteiger partial charge on any atom is 0.255 e. The summed E-state index contributed by atoms with van der Waals surface area (Å²) in [4.78, 5) is 58.6. The van der Waals surface area contributed by atoms with E-state index >= 15 is 0 Å². The molecular weight excluding hydrogens is 635 g/mol. The third-order valence-electron chi connectivity index (χ3n) is 8.67. The number of thioether (sulfide) groups is 1. The number of nitrogens with one attached hydrogen (secondary N) is 1. The van der Waals surface area contributed by atoms with Crippen LogP contribution in [0.2, 0.25) is 0 Å². The Balaban J connectivity index is 1.58. The SMILES string of the molecule is CSc1ccc(C2Cc3ccc(NC(=O)CC(C)CC(C)(C)C)cc3C(=O)N2Cc2ccc(C(=O)N(CCN(C)C)CC(N)=O)cc2)cc1. The third-order valence-corrected chi connectivity index (χ3v) is 9.42. The molecule has 1 heterocycles. The summed E-state index contributed by atoms with van der Waals surface area (Å²) in [6.07, 6.45) is 4.01. The zero-order valence-corrected chi connectivity index (χ0v) is 30.7. The molecule has 3 aromatic carbocycles. The average molecular weight is 686 g/mol. The second kappa shape index (κ2) is 16.5. The summed E-state index contributed by atoms with van der Waals surface area (Å²) in [6, 6.07) is 20.9. The molecule has 49 heavy (non-hydrogen) atoms. The molecule has 0 radical (unpaired) electrons. The highest BCUT2D eigenvalue weighted by molar-refractivity contribution is 7.98. The molecular formula is C39H51N5O4S. The quantitative estimate of drug-likeness (QED) is 0.194. The van der Waals surface area contributed by atoms with Gasteiger partial charge in [0.1, 0.15) is 0 Å². The summed E-state index contributed by atoms with van der Waals surface area (Å²) in [7, 11) is 3.80. The molecule has 3 aromatic rings. The van der Waals surface area contributed by atoms with Crippen LogP contribution in [0.5, 0.6) is 0 Å². The van der Waals surface area contributed by atoms with Crippen molar-refractivity contribution in [1.82, 2.24) is 14.7 Å². The van der Waals surface area contributed by atoms with Crippen molar-refractivity contribution in [2.24, 2.45) is 17.1 Å². The molecule has 1 aliphatic rings. The highest BCUT2D eigenvalue weighted by Gasteiger charge is 2.34. The van der Waals surface area contributed by atoms with Gasteiger partial charge in [0.15, 0.2) is 0 Å². The maximum absolute atomic E-state index is 14.3. The highest BCUT2D eigenvalue weighted by atomic mass is 32.2. The van der Waals surface area contributed by atoms with Crippen molar-refractivity contribution < 1.29 is 19.2 Å². The van der Waals surface area contributed by atoms with E-state index in [0.29, 0.717) is 49.3 Å². The van der Waals surface area contributed by atoms with E-state index < -0.39 is 5.91 Å². The van der Waals surface area contributed by atoms with Gasteiger partial charge in [0.25, 0.3) is 11.8 Å². The summed E-state index contributed by atoms with van der Waals surface area (Å²) in [5.41, 5.74) is 10.0. The molecule has 0 saturated heterocycles. The van der Waals surface area contributed by atoms with Crippen molar-refractivity contribution in [2.75, 3.05) is 45.3 Å². The Hall–Kier alpha value is -4.15. The van der Waals surface area contributed by atoms with Gasteiger partial charge in [-0.15, -0.1) is 11.8 Å². The van der Waals surface area contributed by atoms with E-state index in [2.05, 4.69) is 57.3 Å². The highest BCUT2D eigenvalue weighted by Crippen LogP contribution is 2.36. The van der Waals surface area contributed by atoms with E-state index in [0.717, 1.165) is 28.0 Å². The number of hydrogen-bond acceptors (Lipinski definition) is 6. The molecule has 10 heteroatoms. The van der Waals surface area contributed by atoms with Crippen molar-refractivity contribution in [3.8, 4) is 0 Å². The fourth-order valence-corrected chi connectivity index (χ4v) is 6.90. The number of carbonyl (C=O) groups excluding carboxylic acids is 4. The first-order valence-corrected chi connectivity index (χ1v) is 18.0. The van der Waals surface area contributed by atoms with Crippen LogP contribution < -0.4 is 11.1 Å². The normalized spacial score (nSPS) is 15.1. The smallest absolute Gasteiger partial charge is 0.255 e. The van der Waals surface area contributed by atoms with Crippen molar-refractivity contribution >= 4 is 41.1 Å². The molecule has 0 bridgehead atoms. The standard InChI is InChI=1S/C39H51N5O4S/c1-26(23-39(2,3)4)20-36(46)41-31-15-12-30-21-34(28-13-16-32(49-7)17-14-28)44(38(48)33(30)22-31)24-27-8-10-29(11-9-27)37(47)43(25-35(40)45)19-18-42(5)6/h8-17,22,26,34H,18-21,23-25H2,1-7H3,(H2,40,45)(H,41,46). The van der Waals surface area contributed by atoms with Crippen LogP contribution >= 0.6 is 11.8 Å². The van der Waals surface area contributed by atoms with Crippen LogP contribution in [0.15, 0.2) is 71.6 Å². The summed E-state index contributed by atoms with van der Waals surface area (Å²) in [5, 5.41) is 3.02. The van der Waals surface area contributed by atoms with Gasteiger partial charge in [-0.25, -0.2) is 0 Å². The number of hydrogen-bond donors (Lipinski definition) is 2. The fourth-order valence-electron chi connectivity index (χ4n) is 6.49. The van der Waals surface area contributed by atoms with Crippen molar-refractivity contribution in [2.45, 2.75) is 64.4 Å². The number of rotatable bonds is 14. The Kier molecular flexibility index (Phi) is 12.7. The first-order chi connectivity index (χ1) is 23.1. The monoisotopic (exact) mass is 685 g/mol.